The van der Waals surface area contributed by atoms with Crippen molar-refractivity contribution in [3.8, 4) is 11.5 Å². The topological polar surface area (TPSA) is 130 Å². The summed E-state index contributed by atoms with van der Waals surface area (Å²) in [5.74, 6) is 0.275. The van der Waals surface area contributed by atoms with Gasteiger partial charge in [-0.25, -0.2) is 9.98 Å². The maximum Gasteiger partial charge on any atom is 0.305 e. The van der Waals surface area contributed by atoms with E-state index < -0.39 is 0 Å². The normalized spacial score (nSPS) is 10.7. The summed E-state index contributed by atoms with van der Waals surface area (Å²) >= 11 is 0. The highest BCUT2D eigenvalue weighted by Crippen LogP contribution is 2.24. The summed E-state index contributed by atoms with van der Waals surface area (Å²) in [4.78, 5) is 23.9. The number of esters is 1. The second kappa shape index (κ2) is 7.64. The molecule has 2 aromatic heterocycles. The first-order valence-corrected chi connectivity index (χ1v) is 8.02. The van der Waals surface area contributed by atoms with Crippen LogP contribution in [0, 0.1) is 0 Å². The van der Waals surface area contributed by atoms with E-state index in [1.54, 1.807) is 6.20 Å². The molecule has 0 unspecified atom stereocenters. The van der Waals surface area contributed by atoms with Gasteiger partial charge in [0.05, 0.1) is 13.7 Å². The second-order valence-corrected chi connectivity index (χ2v) is 5.70. The van der Waals surface area contributed by atoms with E-state index in [1.165, 1.54) is 7.11 Å². The quantitative estimate of drug-likeness (QED) is 0.392. The van der Waals surface area contributed by atoms with Gasteiger partial charge >= 0.3 is 5.97 Å². The Morgan fingerprint density at radius 3 is 2.69 bits per heavy atom. The summed E-state index contributed by atoms with van der Waals surface area (Å²) in [7, 11) is 1.37. The number of hydrogen-bond acceptors (Lipinski definition) is 6. The maximum atomic E-state index is 11.2. The minimum absolute atomic E-state index is 0.0575. The summed E-state index contributed by atoms with van der Waals surface area (Å²) in [5.41, 5.74) is 14.4. The fourth-order valence-electron chi connectivity index (χ4n) is 2.40. The zero-order valence-electron chi connectivity index (χ0n) is 14.3. The Morgan fingerprint density at radius 1 is 1.23 bits per heavy atom. The minimum atomic E-state index is -0.260. The molecule has 0 amide bonds. The fraction of sp³-hybridized carbons (Fsp3) is 0.222. The molecule has 26 heavy (non-hydrogen) atoms. The molecule has 2 heterocycles. The Kier molecular flexibility index (Phi) is 5.12. The molecule has 3 rings (SSSR count). The molecule has 4 N–H and O–H groups in total. The lowest BCUT2D eigenvalue weighted by Crippen LogP contribution is -2.22. The number of rotatable bonds is 6. The van der Waals surface area contributed by atoms with E-state index >= 15 is 0 Å². The Bertz CT molecular complexity index is 943. The molecule has 1 aromatic carbocycles. The molecule has 8 heteroatoms. The molecule has 0 atom stereocenters. The molecule has 0 fully saturated rings. The van der Waals surface area contributed by atoms with Crippen molar-refractivity contribution >= 4 is 23.2 Å². The first kappa shape index (κ1) is 17.4. The highest BCUT2D eigenvalue weighted by molar-refractivity contribution is 5.76. The number of hydrogen-bond donors (Lipinski definition) is 2. The number of fused-ring (bicyclic) bond motifs is 1. The van der Waals surface area contributed by atoms with Crippen LogP contribution in [0.4, 0.5) is 0 Å². The third-order valence-corrected chi connectivity index (χ3v) is 3.79. The summed E-state index contributed by atoms with van der Waals surface area (Å²) in [6.07, 6.45) is 2.52. The molecular formula is C18H19N5O3. The molecule has 0 aliphatic heterocycles. The number of pyridine rings is 1. The van der Waals surface area contributed by atoms with Crippen molar-refractivity contribution in [3.63, 3.8) is 0 Å². The molecule has 0 bridgehead atoms. The van der Waals surface area contributed by atoms with Crippen LogP contribution in [0.25, 0.3) is 22.7 Å². The Balaban J connectivity index is 1.78. The molecule has 0 radical (unpaired) electrons. The van der Waals surface area contributed by atoms with Crippen LogP contribution in [0.5, 0.6) is 0 Å². The Hall–Kier alpha value is -3.42. The summed E-state index contributed by atoms with van der Waals surface area (Å²) in [6, 6.07) is 9.44. The molecule has 0 aliphatic carbocycles. The van der Waals surface area contributed by atoms with E-state index in [9.17, 15) is 4.79 Å². The second-order valence-electron chi connectivity index (χ2n) is 5.70. The number of aromatic nitrogens is 2. The SMILES string of the molecule is COC(=O)CCc1cnc2nc(-c3ccc(CN=C(N)N)cc3)oc2c1. The average molecular weight is 353 g/mol. The number of benzene rings is 1. The Labute approximate surface area is 149 Å². The van der Waals surface area contributed by atoms with Crippen LogP contribution in [0.1, 0.15) is 17.5 Å². The zero-order chi connectivity index (χ0) is 18.5. The number of nitrogens with two attached hydrogens (primary N) is 2. The predicted octanol–water partition coefficient (Wildman–Crippen LogP) is 1.77. The third kappa shape index (κ3) is 4.15. The van der Waals surface area contributed by atoms with Gasteiger partial charge in [-0.15, -0.1) is 0 Å². The molecular weight excluding hydrogens is 334 g/mol. The highest BCUT2D eigenvalue weighted by atomic mass is 16.5. The van der Waals surface area contributed by atoms with Crippen LogP contribution in [0.15, 0.2) is 45.9 Å². The molecule has 0 saturated heterocycles. The van der Waals surface area contributed by atoms with Crippen LogP contribution in [0.2, 0.25) is 0 Å². The zero-order valence-corrected chi connectivity index (χ0v) is 14.3. The van der Waals surface area contributed by atoms with Crippen molar-refractivity contribution in [2.75, 3.05) is 7.11 Å². The molecule has 0 spiro atoms. The van der Waals surface area contributed by atoms with Crippen molar-refractivity contribution in [1.29, 1.82) is 0 Å². The standard InChI is InChI=1S/C18H19N5O3/c1-25-15(24)7-4-12-8-14-16(21-10-12)23-17(26-14)13-5-2-11(3-6-13)9-22-18(19)20/h2-3,5-6,8,10H,4,7,9H2,1H3,(H4,19,20,22). The first-order valence-electron chi connectivity index (χ1n) is 8.02. The third-order valence-electron chi connectivity index (χ3n) is 3.79. The van der Waals surface area contributed by atoms with Crippen molar-refractivity contribution in [2.24, 2.45) is 16.5 Å². The van der Waals surface area contributed by atoms with E-state index in [0.29, 0.717) is 36.5 Å². The van der Waals surface area contributed by atoms with E-state index in [-0.39, 0.29) is 11.9 Å². The number of oxazole rings is 1. The van der Waals surface area contributed by atoms with Crippen LogP contribution < -0.4 is 11.5 Å². The van der Waals surface area contributed by atoms with Gasteiger partial charge in [-0.3, -0.25) is 4.79 Å². The lowest BCUT2D eigenvalue weighted by Gasteiger charge is -1.99. The number of guanidine groups is 1. The van der Waals surface area contributed by atoms with Crippen molar-refractivity contribution in [2.45, 2.75) is 19.4 Å². The molecule has 8 nitrogen and oxygen atoms in total. The number of aryl methyl sites for hydroxylation is 1. The minimum Gasteiger partial charge on any atom is -0.469 e. The van der Waals surface area contributed by atoms with Crippen LogP contribution >= 0.6 is 0 Å². The van der Waals surface area contributed by atoms with E-state index in [4.69, 9.17) is 15.9 Å². The van der Waals surface area contributed by atoms with Gasteiger partial charge in [0.2, 0.25) is 5.89 Å². The number of carbonyl (C=O) groups excluding carboxylic acids is 1. The summed E-state index contributed by atoms with van der Waals surface area (Å²) < 4.78 is 10.5. The first-order chi connectivity index (χ1) is 12.5. The van der Waals surface area contributed by atoms with Crippen LogP contribution in [-0.4, -0.2) is 29.0 Å². The van der Waals surface area contributed by atoms with Crippen molar-refractivity contribution in [1.82, 2.24) is 9.97 Å². The largest absolute Gasteiger partial charge is 0.469 e. The summed E-state index contributed by atoms with van der Waals surface area (Å²) in [5, 5.41) is 0. The molecule has 3 aromatic rings. The number of nitrogens with zero attached hydrogens (tertiary/aromatic N) is 3. The summed E-state index contributed by atoms with van der Waals surface area (Å²) in [6.45, 7) is 0.418. The van der Waals surface area contributed by atoms with E-state index in [0.717, 1.165) is 16.7 Å². The van der Waals surface area contributed by atoms with Crippen LogP contribution in [0.3, 0.4) is 0 Å². The lowest BCUT2D eigenvalue weighted by atomic mass is 10.1. The van der Waals surface area contributed by atoms with Crippen molar-refractivity contribution < 1.29 is 13.9 Å². The van der Waals surface area contributed by atoms with Gasteiger partial charge in [0.1, 0.15) is 0 Å². The van der Waals surface area contributed by atoms with Gasteiger partial charge in [0.15, 0.2) is 17.2 Å². The number of aliphatic imine (C=N–C) groups is 1. The maximum absolute atomic E-state index is 11.2. The monoisotopic (exact) mass is 353 g/mol. The van der Waals surface area contributed by atoms with Gasteiger partial charge in [-0.05, 0) is 35.7 Å². The van der Waals surface area contributed by atoms with Crippen LogP contribution in [-0.2, 0) is 22.5 Å². The van der Waals surface area contributed by atoms with Gasteiger partial charge in [0, 0.05) is 18.2 Å². The number of carbonyl (C=O) groups is 1. The Morgan fingerprint density at radius 2 is 2.00 bits per heavy atom. The van der Waals surface area contributed by atoms with E-state index in [2.05, 4.69) is 19.7 Å². The van der Waals surface area contributed by atoms with Gasteiger partial charge in [-0.1, -0.05) is 12.1 Å². The van der Waals surface area contributed by atoms with Gasteiger partial charge in [0.25, 0.3) is 0 Å². The van der Waals surface area contributed by atoms with Gasteiger partial charge < -0.3 is 20.6 Å². The highest BCUT2D eigenvalue weighted by Gasteiger charge is 2.11. The fourth-order valence-corrected chi connectivity index (χ4v) is 2.40. The van der Waals surface area contributed by atoms with Crippen molar-refractivity contribution in [3.05, 3.63) is 47.7 Å². The smallest absolute Gasteiger partial charge is 0.305 e. The molecule has 0 aliphatic rings. The van der Waals surface area contributed by atoms with Gasteiger partial charge in [-0.2, -0.15) is 4.98 Å². The number of ether oxygens (including phenoxy) is 1. The number of methoxy groups -OCH3 is 1. The molecule has 134 valence electrons. The average Bonchev–Trinajstić information content (AvgIpc) is 3.08. The lowest BCUT2D eigenvalue weighted by molar-refractivity contribution is -0.140. The predicted molar refractivity (Wildman–Crippen MR) is 97.1 cm³/mol. The molecule has 0 saturated carbocycles. The van der Waals surface area contributed by atoms with E-state index in [1.807, 2.05) is 30.3 Å².